The molecule has 0 bridgehead atoms. The van der Waals surface area contributed by atoms with Crippen molar-refractivity contribution < 1.29 is 9.84 Å². The van der Waals surface area contributed by atoms with Gasteiger partial charge in [0.25, 0.3) is 0 Å². The Hall–Kier alpha value is -1.13. The number of pyridine rings is 1. The van der Waals surface area contributed by atoms with Gasteiger partial charge in [0.2, 0.25) is 0 Å². The van der Waals surface area contributed by atoms with E-state index in [1.807, 2.05) is 20.0 Å². The van der Waals surface area contributed by atoms with Gasteiger partial charge in [-0.05, 0) is 33.1 Å². The molecule has 1 aromatic heterocycles. The van der Waals surface area contributed by atoms with Gasteiger partial charge in [-0.3, -0.25) is 4.98 Å². The van der Waals surface area contributed by atoms with Gasteiger partial charge in [0.15, 0.2) is 0 Å². The molecule has 100 valence electrons. The summed E-state index contributed by atoms with van der Waals surface area (Å²) in [6, 6.07) is 0. The quantitative estimate of drug-likeness (QED) is 0.835. The van der Waals surface area contributed by atoms with E-state index >= 15 is 0 Å². The van der Waals surface area contributed by atoms with Gasteiger partial charge in [-0.1, -0.05) is 0 Å². The molecule has 18 heavy (non-hydrogen) atoms. The van der Waals surface area contributed by atoms with Crippen molar-refractivity contribution in [2.45, 2.75) is 45.3 Å². The molecular weight excluding hydrogens is 228 g/mol. The standard InChI is InChI=1S/C14H22N2O2/c1-10-7-16-12(11(2)13(10)18-3)8-15-9-14(17)5-4-6-14/h7,15,17H,4-6,8-9H2,1-3H3. The van der Waals surface area contributed by atoms with Gasteiger partial charge in [-0.2, -0.15) is 0 Å². The Bertz CT molecular complexity index is 428. The summed E-state index contributed by atoms with van der Waals surface area (Å²) in [5, 5.41) is 13.3. The summed E-state index contributed by atoms with van der Waals surface area (Å²) < 4.78 is 5.38. The maximum Gasteiger partial charge on any atom is 0.128 e. The van der Waals surface area contributed by atoms with Crippen molar-refractivity contribution >= 4 is 0 Å². The predicted molar refractivity (Wildman–Crippen MR) is 70.8 cm³/mol. The maximum absolute atomic E-state index is 9.99. The van der Waals surface area contributed by atoms with Crippen LogP contribution in [-0.4, -0.2) is 29.3 Å². The molecule has 0 amide bonds. The molecule has 0 unspecified atom stereocenters. The van der Waals surface area contributed by atoms with Crippen molar-refractivity contribution in [2.75, 3.05) is 13.7 Å². The van der Waals surface area contributed by atoms with E-state index in [0.717, 1.165) is 41.8 Å². The van der Waals surface area contributed by atoms with Crippen molar-refractivity contribution in [3.05, 3.63) is 23.0 Å². The molecule has 0 atom stereocenters. The van der Waals surface area contributed by atoms with E-state index in [1.165, 1.54) is 0 Å². The van der Waals surface area contributed by atoms with E-state index in [4.69, 9.17) is 4.74 Å². The summed E-state index contributed by atoms with van der Waals surface area (Å²) in [4.78, 5) is 4.43. The molecular formula is C14H22N2O2. The molecule has 4 heteroatoms. The molecule has 0 aliphatic heterocycles. The van der Waals surface area contributed by atoms with Gasteiger partial charge >= 0.3 is 0 Å². The van der Waals surface area contributed by atoms with Crippen molar-refractivity contribution in [3.8, 4) is 5.75 Å². The van der Waals surface area contributed by atoms with Crippen LogP contribution in [0.15, 0.2) is 6.20 Å². The fraction of sp³-hybridized carbons (Fsp3) is 0.643. The second kappa shape index (κ2) is 5.24. The SMILES string of the molecule is COc1c(C)cnc(CNCC2(O)CCC2)c1C. The number of hydrogen-bond donors (Lipinski definition) is 2. The highest BCUT2D eigenvalue weighted by Gasteiger charge is 2.33. The Labute approximate surface area is 108 Å². The van der Waals surface area contributed by atoms with E-state index in [-0.39, 0.29) is 0 Å². The summed E-state index contributed by atoms with van der Waals surface area (Å²) in [5.74, 6) is 0.907. The van der Waals surface area contributed by atoms with E-state index in [1.54, 1.807) is 7.11 Å². The number of rotatable bonds is 5. The second-order valence-electron chi connectivity index (χ2n) is 5.23. The summed E-state index contributed by atoms with van der Waals surface area (Å²) in [7, 11) is 1.68. The zero-order valence-electron chi connectivity index (χ0n) is 11.4. The first-order chi connectivity index (χ1) is 8.56. The Kier molecular flexibility index (Phi) is 3.88. The van der Waals surface area contributed by atoms with Crippen LogP contribution in [0.5, 0.6) is 5.75 Å². The van der Waals surface area contributed by atoms with Crippen molar-refractivity contribution in [1.82, 2.24) is 10.3 Å². The van der Waals surface area contributed by atoms with Crippen LogP contribution in [0.25, 0.3) is 0 Å². The van der Waals surface area contributed by atoms with E-state index in [2.05, 4.69) is 10.3 Å². The molecule has 1 aliphatic rings. The van der Waals surface area contributed by atoms with E-state index < -0.39 is 5.60 Å². The third-order valence-corrected chi connectivity index (χ3v) is 3.78. The third kappa shape index (κ3) is 2.65. The molecule has 1 aliphatic carbocycles. The van der Waals surface area contributed by atoms with Crippen LogP contribution < -0.4 is 10.1 Å². The average molecular weight is 250 g/mol. The molecule has 4 nitrogen and oxygen atoms in total. The van der Waals surface area contributed by atoms with Gasteiger partial charge < -0.3 is 15.2 Å². The largest absolute Gasteiger partial charge is 0.496 e. The lowest BCUT2D eigenvalue weighted by Gasteiger charge is -2.36. The van der Waals surface area contributed by atoms with Gasteiger partial charge in [0.1, 0.15) is 5.75 Å². The number of nitrogens with zero attached hydrogens (tertiary/aromatic N) is 1. The Morgan fingerprint density at radius 2 is 2.17 bits per heavy atom. The van der Waals surface area contributed by atoms with Crippen LogP contribution in [0, 0.1) is 13.8 Å². The van der Waals surface area contributed by atoms with Gasteiger partial charge in [-0.15, -0.1) is 0 Å². The lowest BCUT2D eigenvalue weighted by atomic mass is 9.80. The Morgan fingerprint density at radius 3 is 2.72 bits per heavy atom. The maximum atomic E-state index is 9.99. The van der Waals surface area contributed by atoms with Gasteiger partial charge in [0.05, 0.1) is 18.4 Å². The molecule has 2 N–H and O–H groups in total. The molecule has 1 aromatic rings. The first-order valence-electron chi connectivity index (χ1n) is 6.48. The summed E-state index contributed by atoms with van der Waals surface area (Å²) in [5.41, 5.74) is 2.63. The third-order valence-electron chi connectivity index (χ3n) is 3.78. The first-order valence-corrected chi connectivity index (χ1v) is 6.48. The normalized spacial score (nSPS) is 17.3. The monoisotopic (exact) mass is 250 g/mol. The molecule has 1 fully saturated rings. The average Bonchev–Trinajstić information content (AvgIpc) is 2.30. The molecule has 0 radical (unpaired) electrons. The first kappa shape index (κ1) is 13.3. The van der Waals surface area contributed by atoms with Crippen LogP contribution in [0.2, 0.25) is 0 Å². The number of aryl methyl sites for hydroxylation is 1. The van der Waals surface area contributed by atoms with Crippen LogP contribution >= 0.6 is 0 Å². The Balaban J connectivity index is 1.97. The zero-order valence-corrected chi connectivity index (χ0v) is 11.4. The highest BCUT2D eigenvalue weighted by atomic mass is 16.5. The summed E-state index contributed by atoms with van der Waals surface area (Å²) in [6.45, 7) is 5.33. The van der Waals surface area contributed by atoms with Crippen LogP contribution in [-0.2, 0) is 6.54 Å². The predicted octanol–water partition coefficient (Wildman–Crippen LogP) is 1.71. The minimum Gasteiger partial charge on any atom is -0.496 e. The lowest BCUT2D eigenvalue weighted by molar-refractivity contribution is -0.0315. The van der Waals surface area contributed by atoms with Crippen molar-refractivity contribution in [2.24, 2.45) is 0 Å². The fourth-order valence-corrected chi connectivity index (χ4v) is 2.42. The van der Waals surface area contributed by atoms with Crippen LogP contribution in [0.3, 0.4) is 0 Å². The zero-order chi connectivity index (χ0) is 13.2. The number of aromatic nitrogens is 1. The smallest absolute Gasteiger partial charge is 0.128 e. The minimum atomic E-state index is -0.483. The number of aliphatic hydroxyl groups is 1. The topological polar surface area (TPSA) is 54.4 Å². The minimum absolute atomic E-state index is 0.483. The van der Waals surface area contributed by atoms with Gasteiger partial charge in [-0.25, -0.2) is 0 Å². The molecule has 1 heterocycles. The highest BCUT2D eigenvalue weighted by Crippen LogP contribution is 2.30. The summed E-state index contributed by atoms with van der Waals surface area (Å²) >= 11 is 0. The Morgan fingerprint density at radius 1 is 1.44 bits per heavy atom. The fourth-order valence-electron chi connectivity index (χ4n) is 2.42. The van der Waals surface area contributed by atoms with Crippen LogP contribution in [0.1, 0.15) is 36.1 Å². The van der Waals surface area contributed by atoms with E-state index in [9.17, 15) is 5.11 Å². The molecule has 1 saturated carbocycles. The number of nitrogens with one attached hydrogen (secondary N) is 1. The molecule has 0 aromatic carbocycles. The second-order valence-corrected chi connectivity index (χ2v) is 5.23. The molecule has 0 saturated heterocycles. The summed E-state index contributed by atoms with van der Waals surface area (Å²) in [6.07, 6.45) is 4.78. The highest BCUT2D eigenvalue weighted by molar-refractivity contribution is 5.40. The number of ether oxygens (including phenoxy) is 1. The van der Waals surface area contributed by atoms with Crippen molar-refractivity contribution in [3.63, 3.8) is 0 Å². The van der Waals surface area contributed by atoms with Crippen molar-refractivity contribution in [1.29, 1.82) is 0 Å². The van der Waals surface area contributed by atoms with E-state index in [0.29, 0.717) is 13.1 Å². The number of methoxy groups -OCH3 is 1. The lowest BCUT2D eigenvalue weighted by Crippen LogP contribution is -2.46. The molecule has 0 spiro atoms. The van der Waals surface area contributed by atoms with Gasteiger partial charge in [0, 0.05) is 30.4 Å². The molecule has 2 rings (SSSR count). The number of hydrogen-bond acceptors (Lipinski definition) is 4. The van der Waals surface area contributed by atoms with Crippen LogP contribution in [0.4, 0.5) is 0 Å².